The van der Waals surface area contributed by atoms with Crippen molar-refractivity contribution in [2.45, 2.75) is 6.61 Å². The predicted octanol–water partition coefficient (Wildman–Crippen LogP) is 4.43. The maximum absolute atomic E-state index is 12.0. The Bertz CT molecular complexity index is 966. The highest BCUT2D eigenvalue weighted by Gasteiger charge is 2.10. The average Bonchev–Trinajstić information content (AvgIpc) is 3.13. The molecular weight excluding hydrogens is 404 g/mol. The number of rotatable bonds is 7. The number of urea groups is 1. The molecule has 8 nitrogen and oxygen atoms in total. The number of aromatic nitrogens is 2. The number of carbonyl (C=O) groups is 1. The predicted molar refractivity (Wildman–Crippen MR) is 108 cm³/mol. The van der Waals surface area contributed by atoms with Gasteiger partial charge in [0, 0.05) is 16.8 Å². The SMILES string of the molecule is COc1ccc(OCc2nnc(NC(=O)Nc3cccc(Cl)c3)s2)cc1OC. The molecule has 0 spiro atoms. The number of benzene rings is 2. The highest BCUT2D eigenvalue weighted by molar-refractivity contribution is 7.15. The lowest BCUT2D eigenvalue weighted by Crippen LogP contribution is -2.19. The molecule has 1 heterocycles. The van der Waals surface area contributed by atoms with Gasteiger partial charge in [-0.15, -0.1) is 10.2 Å². The van der Waals surface area contributed by atoms with Crippen LogP contribution in [0, 0.1) is 0 Å². The molecule has 2 aromatic carbocycles. The highest BCUT2D eigenvalue weighted by Crippen LogP contribution is 2.31. The molecule has 1 aromatic heterocycles. The van der Waals surface area contributed by atoms with Gasteiger partial charge in [-0.3, -0.25) is 5.32 Å². The molecule has 0 saturated carbocycles. The fourth-order valence-electron chi connectivity index (χ4n) is 2.24. The Morgan fingerprint density at radius 1 is 1.07 bits per heavy atom. The Kier molecular flexibility index (Phi) is 6.51. The summed E-state index contributed by atoms with van der Waals surface area (Å²) in [4.78, 5) is 12.0. The molecule has 0 fully saturated rings. The van der Waals surface area contributed by atoms with Crippen LogP contribution in [0.15, 0.2) is 42.5 Å². The molecule has 10 heteroatoms. The third-order valence-corrected chi connectivity index (χ3v) is 4.53. The molecule has 0 radical (unpaired) electrons. The number of anilines is 2. The molecule has 0 unspecified atom stereocenters. The van der Waals surface area contributed by atoms with Gasteiger partial charge in [0.25, 0.3) is 0 Å². The van der Waals surface area contributed by atoms with Crippen LogP contribution in [0.25, 0.3) is 0 Å². The van der Waals surface area contributed by atoms with E-state index in [9.17, 15) is 4.79 Å². The van der Waals surface area contributed by atoms with Crippen LogP contribution < -0.4 is 24.8 Å². The zero-order valence-electron chi connectivity index (χ0n) is 15.1. The molecular formula is C18H17ClN4O4S. The van der Waals surface area contributed by atoms with Crippen molar-refractivity contribution in [3.63, 3.8) is 0 Å². The Hall–Kier alpha value is -3.04. The molecule has 0 bridgehead atoms. The fourth-order valence-corrected chi connectivity index (χ4v) is 3.08. The number of hydrogen-bond donors (Lipinski definition) is 2. The lowest BCUT2D eigenvalue weighted by Gasteiger charge is -2.09. The number of ether oxygens (including phenoxy) is 3. The fraction of sp³-hybridized carbons (Fsp3) is 0.167. The Morgan fingerprint density at radius 3 is 2.64 bits per heavy atom. The van der Waals surface area contributed by atoms with Crippen LogP contribution in [0.3, 0.4) is 0 Å². The lowest BCUT2D eigenvalue weighted by molar-refractivity contribution is 0.262. The summed E-state index contributed by atoms with van der Waals surface area (Å²) in [5.41, 5.74) is 0.575. The lowest BCUT2D eigenvalue weighted by atomic mass is 10.3. The monoisotopic (exact) mass is 420 g/mol. The maximum Gasteiger partial charge on any atom is 0.325 e. The first-order valence-corrected chi connectivity index (χ1v) is 9.27. The zero-order chi connectivity index (χ0) is 19.9. The number of amides is 2. The van der Waals surface area contributed by atoms with Gasteiger partial charge in [0.1, 0.15) is 12.4 Å². The number of nitrogens with one attached hydrogen (secondary N) is 2. The average molecular weight is 421 g/mol. The van der Waals surface area contributed by atoms with Gasteiger partial charge in [0.15, 0.2) is 16.5 Å². The quantitative estimate of drug-likeness (QED) is 0.587. The smallest absolute Gasteiger partial charge is 0.325 e. The van der Waals surface area contributed by atoms with Crippen LogP contribution in [-0.4, -0.2) is 30.4 Å². The molecule has 28 heavy (non-hydrogen) atoms. The topological polar surface area (TPSA) is 94.6 Å². The standard InChI is InChI=1S/C18H17ClN4O4S/c1-25-14-7-6-13(9-15(14)26-2)27-10-16-22-23-18(28-16)21-17(24)20-12-5-3-4-11(19)8-12/h3-9H,10H2,1-2H3,(H2,20,21,23,24). The van der Waals surface area contributed by atoms with Gasteiger partial charge in [0.05, 0.1) is 14.2 Å². The number of carbonyl (C=O) groups excluding carboxylic acids is 1. The van der Waals surface area contributed by atoms with E-state index in [4.69, 9.17) is 25.8 Å². The van der Waals surface area contributed by atoms with Gasteiger partial charge < -0.3 is 19.5 Å². The van der Waals surface area contributed by atoms with Crippen LogP contribution in [0.2, 0.25) is 5.02 Å². The van der Waals surface area contributed by atoms with E-state index in [0.717, 1.165) is 0 Å². The Morgan fingerprint density at radius 2 is 1.89 bits per heavy atom. The van der Waals surface area contributed by atoms with Crippen molar-refractivity contribution in [3.05, 3.63) is 52.5 Å². The Labute approximate surface area is 170 Å². The van der Waals surface area contributed by atoms with Crippen molar-refractivity contribution in [1.29, 1.82) is 0 Å². The van der Waals surface area contributed by atoms with E-state index >= 15 is 0 Å². The summed E-state index contributed by atoms with van der Waals surface area (Å²) < 4.78 is 16.1. The molecule has 3 rings (SSSR count). The normalized spacial score (nSPS) is 10.2. The second-order valence-electron chi connectivity index (χ2n) is 5.40. The minimum Gasteiger partial charge on any atom is -0.493 e. The first-order chi connectivity index (χ1) is 13.6. The molecule has 0 aliphatic rings. The summed E-state index contributed by atoms with van der Waals surface area (Å²) in [7, 11) is 3.12. The van der Waals surface area contributed by atoms with E-state index in [1.165, 1.54) is 11.3 Å². The molecule has 0 aliphatic heterocycles. The maximum atomic E-state index is 12.0. The van der Waals surface area contributed by atoms with Gasteiger partial charge in [-0.25, -0.2) is 4.79 Å². The first-order valence-electron chi connectivity index (χ1n) is 8.08. The van der Waals surface area contributed by atoms with E-state index < -0.39 is 6.03 Å². The number of nitrogens with zero attached hydrogens (tertiary/aromatic N) is 2. The van der Waals surface area contributed by atoms with Gasteiger partial charge in [-0.2, -0.15) is 0 Å². The van der Waals surface area contributed by atoms with Crippen molar-refractivity contribution >= 4 is 39.8 Å². The molecule has 2 N–H and O–H groups in total. The number of methoxy groups -OCH3 is 2. The third kappa shape index (κ3) is 5.24. The van der Waals surface area contributed by atoms with E-state index in [2.05, 4.69) is 20.8 Å². The van der Waals surface area contributed by atoms with E-state index in [0.29, 0.717) is 38.1 Å². The van der Waals surface area contributed by atoms with Crippen molar-refractivity contribution in [2.75, 3.05) is 24.9 Å². The largest absolute Gasteiger partial charge is 0.493 e. The second kappa shape index (κ2) is 9.25. The van der Waals surface area contributed by atoms with Crippen LogP contribution in [0.5, 0.6) is 17.2 Å². The zero-order valence-corrected chi connectivity index (χ0v) is 16.6. The molecule has 146 valence electrons. The molecule has 0 atom stereocenters. The van der Waals surface area contributed by atoms with E-state index in [-0.39, 0.29) is 6.61 Å². The van der Waals surface area contributed by atoms with Gasteiger partial charge in [-0.05, 0) is 30.3 Å². The summed E-state index contributed by atoms with van der Waals surface area (Å²) in [6.45, 7) is 0.199. The summed E-state index contributed by atoms with van der Waals surface area (Å²) in [6.07, 6.45) is 0. The highest BCUT2D eigenvalue weighted by atomic mass is 35.5. The van der Waals surface area contributed by atoms with E-state index in [1.807, 2.05) is 0 Å². The van der Waals surface area contributed by atoms with Crippen molar-refractivity contribution < 1.29 is 19.0 Å². The second-order valence-corrected chi connectivity index (χ2v) is 6.89. The molecule has 0 aliphatic carbocycles. The van der Waals surface area contributed by atoms with Crippen LogP contribution in [-0.2, 0) is 6.61 Å². The summed E-state index contributed by atoms with van der Waals surface area (Å²) in [6, 6.07) is 11.6. The van der Waals surface area contributed by atoms with Crippen molar-refractivity contribution in [1.82, 2.24) is 10.2 Å². The molecule has 3 aromatic rings. The molecule has 0 saturated heterocycles. The minimum absolute atomic E-state index is 0.199. The number of hydrogen-bond acceptors (Lipinski definition) is 7. The van der Waals surface area contributed by atoms with Crippen molar-refractivity contribution in [3.8, 4) is 17.2 Å². The minimum atomic E-state index is -0.439. The van der Waals surface area contributed by atoms with Crippen LogP contribution in [0.1, 0.15) is 5.01 Å². The molecule has 2 amide bonds. The van der Waals surface area contributed by atoms with Crippen molar-refractivity contribution in [2.24, 2.45) is 0 Å². The van der Waals surface area contributed by atoms with Gasteiger partial charge in [0.2, 0.25) is 5.13 Å². The first kappa shape index (κ1) is 19.7. The third-order valence-electron chi connectivity index (χ3n) is 3.49. The Balaban J connectivity index is 1.54. The van der Waals surface area contributed by atoms with Crippen LogP contribution >= 0.6 is 22.9 Å². The number of halogens is 1. The van der Waals surface area contributed by atoms with Gasteiger partial charge >= 0.3 is 6.03 Å². The summed E-state index contributed by atoms with van der Waals surface area (Å²) in [5.74, 6) is 1.78. The van der Waals surface area contributed by atoms with E-state index in [1.54, 1.807) is 56.7 Å². The van der Waals surface area contributed by atoms with Crippen LogP contribution in [0.4, 0.5) is 15.6 Å². The van der Waals surface area contributed by atoms with Gasteiger partial charge in [-0.1, -0.05) is 29.0 Å². The summed E-state index contributed by atoms with van der Waals surface area (Å²) in [5, 5.41) is 14.7. The summed E-state index contributed by atoms with van der Waals surface area (Å²) >= 11 is 7.10.